The average molecular weight is 274 g/mol. The van der Waals surface area contributed by atoms with Gasteiger partial charge < -0.3 is 9.47 Å². The first-order chi connectivity index (χ1) is 9.60. The van der Waals surface area contributed by atoms with Crippen molar-refractivity contribution in [1.82, 2.24) is 0 Å². The quantitative estimate of drug-likeness (QED) is 0.800. The van der Waals surface area contributed by atoms with Crippen LogP contribution in [0.3, 0.4) is 0 Å². The Morgan fingerprint density at radius 1 is 1.20 bits per heavy atom. The first-order valence-corrected chi connectivity index (χ1v) is 6.16. The smallest absolute Gasteiger partial charge is 0.341 e. The zero-order chi connectivity index (χ0) is 14.5. The second-order valence-electron chi connectivity index (χ2n) is 4.41. The summed E-state index contributed by atoms with van der Waals surface area (Å²) < 4.78 is 23.7. The number of aryl methyl sites for hydroxylation is 1. The van der Waals surface area contributed by atoms with E-state index < -0.39 is 11.8 Å². The summed E-state index contributed by atoms with van der Waals surface area (Å²) in [6.45, 7) is 1.86. The molecule has 0 atom stereocenters. The Morgan fingerprint density at radius 2 is 2.00 bits per heavy atom. The van der Waals surface area contributed by atoms with E-state index in [0.717, 1.165) is 11.1 Å². The highest BCUT2D eigenvalue weighted by Crippen LogP contribution is 2.15. The Kier molecular flexibility index (Phi) is 4.35. The largest absolute Gasteiger partial charge is 0.497 e. The van der Waals surface area contributed by atoms with Crippen LogP contribution in [-0.4, -0.2) is 13.1 Å². The van der Waals surface area contributed by atoms with Crippen molar-refractivity contribution in [2.75, 3.05) is 7.11 Å². The molecule has 20 heavy (non-hydrogen) atoms. The van der Waals surface area contributed by atoms with E-state index in [-0.39, 0.29) is 12.2 Å². The van der Waals surface area contributed by atoms with Gasteiger partial charge in [0.05, 0.1) is 12.7 Å². The molecule has 2 rings (SSSR count). The van der Waals surface area contributed by atoms with Crippen LogP contribution >= 0.6 is 0 Å². The fourth-order valence-corrected chi connectivity index (χ4v) is 1.78. The van der Waals surface area contributed by atoms with Gasteiger partial charge in [-0.15, -0.1) is 0 Å². The predicted molar refractivity (Wildman–Crippen MR) is 73.3 cm³/mol. The number of benzene rings is 2. The summed E-state index contributed by atoms with van der Waals surface area (Å²) in [6.07, 6.45) is 0. The van der Waals surface area contributed by atoms with Gasteiger partial charge in [-0.05, 0) is 36.8 Å². The van der Waals surface area contributed by atoms with E-state index in [1.807, 2.05) is 6.07 Å². The molecule has 2 aromatic carbocycles. The van der Waals surface area contributed by atoms with Gasteiger partial charge in [-0.3, -0.25) is 0 Å². The molecule has 0 aromatic heterocycles. The van der Waals surface area contributed by atoms with E-state index in [9.17, 15) is 9.18 Å². The van der Waals surface area contributed by atoms with Crippen molar-refractivity contribution in [3.05, 3.63) is 65.0 Å². The van der Waals surface area contributed by atoms with Crippen molar-refractivity contribution in [1.29, 1.82) is 0 Å². The lowest BCUT2D eigenvalue weighted by molar-refractivity contribution is 0.0467. The SMILES string of the molecule is COc1cccc(COC(=O)c2cc(C)ccc2F)c1. The lowest BCUT2D eigenvalue weighted by atomic mass is 10.1. The molecule has 0 amide bonds. The van der Waals surface area contributed by atoms with Gasteiger partial charge in [0.2, 0.25) is 0 Å². The van der Waals surface area contributed by atoms with Gasteiger partial charge in [0.25, 0.3) is 0 Å². The Hall–Kier alpha value is -2.36. The Labute approximate surface area is 117 Å². The number of carbonyl (C=O) groups excluding carboxylic acids is 1. The van der Waals surface area contributed by atoms with Crippen molar-refractivity contribution in [3.8, 4) is 5.75 Å². The van der Waals surface area contributed by atoms with Gasteiger partial charge in [-0.1, -0.05) is 23.8 Å². The normalized spacial score (nSPS) is 10.2. The van der Waals surface area contributed by atoms with E-state index >= 15 is 0 Å². The topological polar surface area (TPSA) is 35.5 Å². The van der Waals surface area contributed by atoms with Gasteiger partial charge >= 0.3 is 5.97 Å². The molecular weight excluding hydrogens is 259 g/mol. The first-order valence-electron chi connectivity index (χ1n) is 6.16. The molecule has 0 spiro atoms. The Morgan fingerprint density at radius 3 is 2.75 bits per heavy atom. The van der Waals surface area contributed by atoms with Crippen LogP contribution < -0.4 is 4.74 Å². The van der Waals surface area contributed by atoms with Crippen molar-refractivity contribution >= 4 is 5.97 Å². The molecule has 0 aliphatic rings. The van der Waals surface area contributed by atoms with Crippen LogP contribution in [0.15, 0.2) is 42.5 Å². The number of ether oxygens (including phenoxy) is 2. The highest BCUT2D eigenvalue weighted by atomic mass is 19.1. The van der Waals surface area contributed by atoms with Gasteiger partial charge in [-0.25, -0.2) is 9.18 Å². The first kappa shape index (κ1) is 14.1. The van der Waals surface area contributed by atoms with Crippen LogP contribution in [0.25, 0.3) is 0 Å². The number of halogens is 1. The van der Waals surface area contributed by atoms with Gasteiger partial charge in [0, 0.05) is 0 Å². The minimum atomic E-state index is -0.672. The molecule has 0 radical (unpaired) electrons. The van der Waals surface area contributed by atoms with Crippen LogP contribution in [0, 0.1) is 12.7 Å². The lowest BCUT2D eigenvalue weighted by Crippen LogP contribution is -2.08. The third kappa shape index (κ3) is 3.35. The molecule has 0 unspecified atom stereocenters. The maximum Gasteiger partial charge on any atom is 0.341 e. The zero-order valence-corrected chi connectivity index (χ0v) is 11.4. The molecular formula is C16H15FO3. The molecule has 0 fully saturated rings. The summed E-state index contributed by atoms with van der Waals surface area (Å²) in [5, 5.41) is 0. The summed E-state index contributed by atoms with van der Waals surface area (Å²) >= 11 is 0. The summed E-state index contributed by atoms with van der Waals surface area (Å²) in [6, 6.07) is 11.5. The highest BCUT2D eigenvalue weighted by Gasteiger charge is 2.13. The highest BCUT2D eigenvalue weighted by molar-refractivity contribution is 5.89. The Balaban J connectivity index is 2.06. The lowest BCUT2D eigenvalue weighted by Gasteiger charge is -2.07. The summed E-state index contributed by atoms with van der Waals surface area (Å²) in [5.41, 5.74) is 1.54. The number of hydrogen-bond donors (Lipinski definition) is 0. The van der Waals surface area contributed by atoms with E-state index in [4.69, 9.17) is 9.47 Å². The number of esters is 1. The van der Waals surface area contributed by atoms with E-state index in [2.05, 4.69) is 0 Å². The maximum atomic E-state index is 13.5. The molecule has 104 valence electrons. The molecule has 0 saturated carbocycles. The fraction of sp³-hybridized carbons (Fsp3) is 0.188. The third-order valence-electron chi connectivity index (χ3n) is 2.85. The van der Waals surface area contributed by atoms with Gasteiger partial charge in [0.1, 0.15) is 18.2 Å². The monoisotopic (exact) mass is 274 g/mol. The molecule has 3 nitrogen and oxygen atoms in total. The number of carbonyl (C=O) groups is 1. The minimum absolute atomic E-state index is 0.0482. The summed E-state index contributed by atoms with van der Waals surface area (Å²) in [4.78, 5) is 11.9. The predicted octanol–water partition coefficient (Wildman–Crippen LogP) is 3.50. The van der Waals surface area contributed by atoms with Gasteiger partial charge in [0.15, 0.2) is 0 Å². The van der Waals surface area contributed by atoms with Gasteiger partial charge in [-0.2, -0.15) is 0 Å². The standard InChI is InChI=1S/C16H15FO3/c1-11-6-7-15(17)14(8-11)16(18)20-10-12-4-3-5-13(9-12)19-2/h3-9H,10H2,1-2H3. The maximum absolute atomic E-state index is 13.5. The number of rotatable bonds is 4. The van der Waals surface area contributed by atoms with Crippen molar-refractivity contribution in [2.24, 2.45) is 0 Å². The minimum Gasteiger partial charge on any atom is -0.497 e. The van der Waals surface area contributed by atoms with Crippen LogP contribution in [0.1, 0.15) is 21.5 Å². The number of methoxy groups -OCH3 is 1. The third-order valence-corrected chi connectivity index (χ3v) is 2.85. The summed E-state index contributed by atoms with van der Waals surface area (Å²) in [5.74, 6) is -0.569. The number of hydrogen-bond acceptors (Lipinski definition) is 3. The second kappa shape index (κ2) is 6.19. The second-order valence-corrected chi connectivity index (χ2v) is 4.41. The van der Waals surface area contributed by atoms with Crippen LogP contribution in [0.5, 0.6) is 5.75 Å². The molecule has 0 heterocycles. The molecule has 0 bridgehead atoms. The molecule has 0 N–H and O–H groups in total. The molecule has 0 aliphatic heterocycles. The fourth-order valence-electron chi connectivity index (χ4n) is 1.78. The van der Waals surface area contributed by atoms with Crippen molar-refractivity contribution in [2.45, 2.75) is 13.5 Å². The van der Waals surface area contributed by atoms with Crippen LogP contribution in [0.4, 0.5) is 4.39 Å². The molecule has 0 saturated heterocycles. The molecule has 4 heteroatoms. The van der Waals surface area contributed by atoms with Crippen LogP contribution in [0.2, 0.25) is 0 Å². The summed E-state index contributed by atoms with van der Waals surface area (Å²) in [7, 11) is 1.56. The molecule has 0 aliphatic carbocycles. The Bertz CT molecular complexity index is 623. The van der Waals surface area contributed by atoms with E-state index in [1.54, 1.807) is 38.3 Å². The van der Waals surface area contributed by atoms with E-state index in [0.29, 0.717) is 5.75 Å². The van der Waals surface area contributed by atoms with E-state index in [1.165, 1.54) is 12.1 Å². The van der Waals surface area contributed by atoms with Crippen LogP contribution in [-0.2, 0) is 11.3 Å². The van der Waals surface area contributed by atoms with Crippen molar-refractivity contribution < 1.29 is 18.7 Å². The van der Waals surface area contributed by atoms with Crippen molar-refractivity contribution in [3.63, 3.8) is 0 Å². The average Bonchev–Trinajstić information content (AvgIpc) is 2.47. The molecule has 2 aromatic rings. The zero-order valence-electron chi connectivity index (χ0n) is 11.4.